The molecule has 0 amide bonds. The van der Waals surface area contributed by atoms with Crippen molar-refractivity contribution in [2.75, 3.05) is 44.2 Å². The van der Waals surface area contributed by atoms with Gasteiger partial charge in [0.15, 0.2) is 5.83 Å². The highest BCUT2D eigenvalue weighted by molar-refractivity contribution is 6.51. The van der Waals surface area contributed by atoms with E-state index in [4.69, 9.17) is 19.7 Å². The first-order valence-electron chi connectivity index (χ1n) is 20.3. The number of phenolic OH excluding ortho intramolecular Hbond substituents is 1. The Bertz CT molecular complexity index is 1910. The van der Waals surface area contributed by atoms with Gasteiger partial charge in [-0.1, -0.05) is 46.8 Å². The lowest BCUT2D eigenvalue weighted by Crippen LogP contribution is -2.47. The van der Waals surface area contributed by atoms with Crippen LogP contribution in [0.2, 0.25) is 0 Å². The highest BCUT2D eigenvalue weighted by Crippen LogP contribution is 2.50. The Kier molecular flexibility index (Phi) is 13.2. The molecule has 4 aliphatic rings. The van der Waals surface area contributed by atoms with Crippen LogP contribution in [0, 0.1) is 11.2 Å². The van der Waals surface area contributed by atoms with Crippen LogP contribution in [0.15, 0.2) is 35.3 Å². The molecule has 2 aromatic carbocycles. The van der Waals surface area contributed by atoms with E-state index in [0.717, 1.165) is 38.9 Å². The number of nitrogens with zero attached hydrogens (tertiary/aromatic N) is 5. The SMILES string of the molecule is C/C=C1\C(=NC(C)C)C(c2cc(O)cc3ccc(F)c(CC)c23)=C(F)c2nc(OCC3(CN4CCCC4)CC3)nc(N3CCCC(C)(O)C3)c21.CC.CC. The van der Waals surface area contributed by atoms with Gasteiger partial charge in [0, 0.05) is 42.2 Å². The molecular weight excluding hydrogens is 685 g/mol. The van der Waals surface area contributed by atoms with Crippen LogP contribution in [0.25, 0.3) is 27.7 Å². The summed E-state index contributed by atoms with van der Waals surface area (Å²) in [5.41, 5.74) is 1.59. The fraction of sp³-hybridized carbons (Fsp3) is 0.568. The summed E-state index contributed by atoms with van der Waals surface area (Å²) < 4.78 is 39.5. The van der Waals surface area contributed by atoms with Gasteiger partial charge >= 0.3 is 6.01 Å². The Hall–Kier alpha value is -3.89. The second-order valence-corrected chi connectivity index (χ2v) is 15.3. The van der Waals surface area contributed by atoms with E-state index in [0.29, 0.717) is 77.1 Å². The quantitative estimate of drug-likeness (QED) is 0.225. The highest BCUT2D eigenvalue weighted by atomic mass is 19.1. The normalized spacial score (nSPS) is 22.3. The molecule has 2 aliphatic heterocycles. The Morgan fingerprint density at radius 2 is 1.70 bits per heavy atom. The number of aromatic nitrogens is 2. The fourth-order valence-corrected chi connectivity index (χ4v) is 8.12. The predicted octanol–water partition coefficient (Wildman–Crippen LogP) is 9.80. The second-order valence-electron chi connectivity index (χ2n) is 15.3. The lowest BCUT2D eigenvalue weighted by molar-refractivity contribution is 0.0446. The van der Waals surface area contributed by atoms with Gasteiger partial charge in [-0.05, 0) is 126 Å². The number of piperidine rings is 1. The molecule has 3 fully saturated rings. The van der Waals surface area contributed by atoms with Crippen LogP contribution < -0.4 is 9.64 Å². The maximum absolute atomic E-state index is 17.7. The molecule has 2 aliphatic carbocycles. The predicted molar refractivity (Wildman–Crippen MR) is 219 cm³/mol. The summed E-state index contributed by atoms with van der Waals surface area (Å²) in [5, 5.41) is 23.2. The van der Waals surface area contributed by atoms with E-state index in [2.05, 4.69) is 4.90 Å². The molecule has 1 atom stereocenters. The zero-order valence-electron chi connectivity index (χ0n) is 34.0. The number of hydrogen-bond donors (Lipinski definition) is 2. The summed E-state index contributed by atoms with van der Waals surface area (Å²) >= 11 is 0. The number of β-amino-alcohol motifs (C(OH)–C–C–N with tert-alkyl or cyclic N) is 1. The number of aliphatic hydroxyl groups is 1. The summed E-state index contributed by atoms with van der Waals surface area (Å²) in [6, 6.07) is 5.95. The number of benzene rings is 2. The van der Waals surface area contributed by atoms with Gasteiger partial charge in [-0.3, -0.25) is 4.99 Å². The van der Waals surface area contributed by atoms with E-state index in [-0.39, 0.29) is 34.5 Å². The van der Waals surface area contributed by atoms with E-state index in [1.165, 1.54) is 25.0 Å². The molecule has 1 saturated carbocycles. The molecule has 8 nitrogen and oxygen atoms in total. The first-order chi connectivity index (χ1) is 25.9. The molecule has 1 unspecified atom stereocenters. The van der Waals surface area contributed by atoms with Crippen molar-refractivity contribution < 1.29 is 23.7 Å². The Morgan fingerprint density at radius 3 is 2.31 bits per heavy atom. The van der Waals surface area contributed by atoms with Crippen molar-refractivity contribution in [3.8, 4) is 11.8 Å². The van der Waals surface area contributed by atoms with Crippen molar-refractivity contribution in [2.24, 2.45) is 10.4 Å². The first kappa shape index (κ1) is 41.3. The number of fused-ring (bicyclic) bond motifs is 2. The van der Waals surface area contributed by atoms with Gasteiger partial charge in [0.1, 0.15) is 23.1 Å². The third-order valence-electron chi connectivity index (χ3n) is 10.7. The van der Waals surface area contributed by atoms with Crippen LogP contribution in [0.4, 0.5) is 14.6 Å². The van der Waals surface area contributed by atoms with Crippen molar-refractivity contribution in [1.29, 1.82) is 0 Å². The monoisotopic (exact) mass is 745 g/mol. The van der Waals surface area contributed by atoms with Crippen LogP contribution in [-0.4, -0.2) is 81.8 Å². The van der Waals surface area contributed by atoms with Gasteiger partial charge in [0.2, 0.25) is 0 Å². The number of likely N-dealkylation sites (tertiary alicyclic amines) is 1. The fourth-order valence-electron chi connectivity index (χ4n) is 8.12. The molecule has 2 N–H and O–H groups in total. The van der Waals surface area contributed by atoms with Crippen molar-refractivity contribution in [2.45, 2.75) is 119 Å². The summed E-state index contributed by atoms with van der Waals surface area (Å²) in [6.07, 6.45) is 8.22. The van der Waals surface area contributed by atoms with E-state index in [1.807, 2.05) is 73.3 Å². The number of phenols is 1. The number of halogens is 2. The van der Waals surface area contributed by atoms with Gasteiger partial charge in [-0.15, -0.1) is 0 Å². The third-order valence-corrected chi connectivity index (χ3v) is 10.7. The van der Waals surface area contributed by atoms with Crippen LogP contribution in [0.1, 0.15) is 123 Å². The van der Waals surface area contributed by atoms with E-state index in [1.54, 1.807) is 12.1 Å². The second kappa shape index (κ2) is 17.3. The van der Waals surface area contributed by atoms with E-state index >= 15 is 8.78 Å². The number of hydrogen-bond acceptors (Lipinski definition) is 8. The zero-order valence-corrected chi connectivity index (χ0v) is 34.0. The number of aromatic hydroxyl groups is 1. The average molecular weight is 746 g/mol. The molecule has 10 heteroatoms. The molecule has 3 heterocycles. The van der Waals surface area contributed by atoms with Gasteiger partial charge in [0.25, 0.3) is 0 Å². The van der Waals surface area contributed by atoms with Crippen molar-refractivity contribution in [3.63, 3.8) is 0 Å². The summed E-state index contributed by atoms with van der Waals surface area (Å²) in [5.74, 6) is -0.597. The van der Waals surface area contributed by atoms with Gasteiger partial charge < -0.3 is 24.7 Å². The summed E-state index contributed by atoms with van der Waals surface area (Å²) in [7, 11) is 0. The van der Waals surface area contributed by atoms with Crippen LogP contribution in [0.5, 0.6) is 11.8 Å². The van der Waals surface area contributed by atoms with Gasteiger partial charge in [-0.2, -0.15) is 9.97 Å². The highest BCUT2D eigenvalue weighted by Gasteiger charge is 2.46. The third kappa shape index (κ3) is 8.50. The smallest absolute Gasteiger partial charge is 0.319 e. The standard InChI is InChI=1S/C40H49F2N5O3.2C2H6/c1-6-27-30(41)12-11-25-19-26(48)20-29(31(25)27)32-34(42)36-33(28(7-2)35(32)43-24(3)4)37(47-18-10-13-39(5,49)21-47)45-38(44-36)50-23-40(14-15-40)22-46-16-8-9-17-46;2*1-2/h7,11-12,19-20,24,48-49H,6,8-10,13-18,21-23H2,1-5H3;2*1-2H3/b28-7-,43-35?;;. The number of anilines is 1. The molecule has 7 rings (SSSR count). The summed E-state index contributed by atoms with van der Waals surface area (Å²) in [4.78, 5) is 19.3. The van der Waals surface area contributed by atoms with Crippen molar-refractivity contribution in [1.82, 2.24) is 14.9 Å². The molecule has 0 bridgehead atoms. The number of aliphatic imine (C=N–C) groups is 1. The molecule has 294 valence electrons. The Morgan fingerprint density at radius 1 is 1.00 bits per heavy atom. The molecule has 0 spiro atoms. The number of ether oxygens (including phenoxy) is 1. The lowest BCUT2D eigenvalue weighted by atomic mass is 9.81. The maximum atomic E-state index is 17.7. The maximum Gasteiger partial charge on any atom is 0.319 e. The number of allylic oxidation sites excluding steroid dienone is 3. The topological polar surface area (TPSA) is 94.3 Å². The van der Waals surface area contributed by atoms with E-state index in [9.17, 15) is 10.2 Å². The molecule has 1 aromatic heterocycles. The minimum atomic E-state index is -0.953. The first-order valence-corrected chi connectivity index (χ1v) is 20.3. The van der Waals surface area contributed by atoms with Gasteiger partial charge in [0.05, 0.1) is 23.5 Å². The molecule has 3 aromatic rings. The molecular formula is C44H61F2N5O3. The summed E-state index contributed by atoms with van der Waals surface area (Å²) in [6.45, 7) is 22.0. The lowest BCUT2D eigenvalue weighted by Gasteiger charge is -2.39. The number of aryl methyl sites for hydroxylation is 1. The van der Waals surface area contributed by atoms with Gasteiger partial charge in [-0.25, -0.2) is 8.78 Å². The van der Waals surface area contributed by atoms with Crippen LogP contribution >= 0.6 is 0 Å². The average Bonchev–Trinajstić information content (AvgIpc) is 3.72. The largest absolute Gasteiger partial charge is 0.508 e. The minimum absolute atomic E-state index is 0.0325. The van der Waals surface area contributed by atoms with Crippen molar-refractivity contribution in [3.05, 3.63) is 58.5 Å². The molecule has 0 radical (unpaired) electrons. The molecule has 2 saturated heterocycles. The van der Waals surface area contributed by atoms with Crippen LogP contribution in [0.3, 0.4) is 0 Å². The number of rotatable bonds is 9. The zero-order chi connectivity index (χ0) is 39.4. The Labute approximate surface area is 321 Å². The minimum Gasteiger partial charge on any atom is -0.508 e. The van der Waals surface area contributed by atoms with E-state index < -0.39 is 17.2 Å². The van der Waals surface area contributed by atoms with Crippen LogP contribution in [-0.2, 0) is 6.42 Å². The Balaban J connectivity index is 0.00000136. The molecule has 54 heavy (non-hydrogen) atoms. The van der Waals surface area contributed by atoms with Crippen molar-refractivity contribution >= 4 is 39.3 Å².